The Morgan fingerprint density at radius 1 is 1.15 bits per heavy atom. The first-order chi connectivity index (χ1) is 6.20. The highest BCUT2D eigenvalue weighted by molar-refractivity contribution is 4.60. The van der Waals surface area contributed by atoms with Gasteiger partial charge in [0.1, 0.15) is 0 Å². The van der Waals surface area contributed by atoms with Crippen molar-refractivity contribution in [3.8, 4) is 0 Å². The van der Waals surface area contributed by atoms with Gasteiger partial charge in [0.25, 0.3) is 0 Å². The fourth-order valence-electron chi connectivity index (χ4n) is 1.37. The van der Waals surface area contributed by atoms with Crippen LogP contribution in [0.25, 0.3) is 0 Å². The van der Waals surface area contributed by atoms with Crippen LogP contribution in [-0.2, 0) is 0 Å². The Morgan fingerprint density at radius 2 is 1.77 bits per heavy atom. The minimum absolute atomic E-state index is 0.416. The van der Waals surface area contributed by atoms with Crippen LogP contribution in [-0.4, -0.2) is 31.1 Å². The van der Waals surface area contributed by atoms with E-state index in [0.717, 1.165) is 6.42 Å². The van der Waals surface area contributed by atoms with Crippen LogP contribution in [0.5, 0.6) is 0 Å². The molecule has 0 aromatic carbocycles. The summed E-state index contributed by atoms with van der Waals surface area (Å²) >= 11 is 0. The average molecular weight is 186 g/mol. The number of hydrogen-bond acceptors (Lipinski definition) is 2. The molecule has 2 N–H and O–H groups in total. The summed E-state index contributed by atoms with van der Waals surface area (Å²) in [6, 6.07) is 0.416. The van der Waals surface area contributed by atoms with Crippen molar-refractivity contribution in [2.75, 3.05) is 20.1 Å². The third-order valence-corrected chi connectivity index (χ3v) is 2.53. The SMILES string of the molecule is CCCCN(C)CCCC(N)CC. The van der Waals surface area contributed by atoms with Gasteiger partial charge in [0.05, 0.1) is 0 Å². The quantitative estimate of drug-likeness (QED) is 0.630. The maximum atomic E-state index is 5.84. The number of rotatable bonds is 8. The zero-order chi connectivity index (χ0) is 10.1. The van der Waals surface area contributed by atoms with E-state index in [1.165, 1.54) is 38.8 Å². The molecule has 1 unspecified atom stereocenters. The summed E-state index contributed by atoms with van der Waals surface area (Å²) in [5.41, 5.74) is 5.84. The van der Waals surface area contributed by atoms with E-state index in [2.05, 4.69) is 25.8 Å². The van der Waals surface area contributed by atoms with E-state index in [9.17, 15) is 0 Å². The van der Waals surface area contributed by atoms with Crippen LogP contribution < -0.4 is 5.73 Å². The smallest absolute Gasteiger partial charge is 0.00366 e. The summed E-state index contributed by atoms with van der Waals surface area (Å²) in [6.07, 6.45) is 6.13. The second-order valence-corrected chi connectivity index (χ2v) is 3.97. The third-order valence-electron chi connectivity index (χ3n) is 2.53. The molecule has 0 bridgehead atoms. The molecule has 0 spiro atoms. The summed E-state index contributed by atoms with van der Waals surface area (Å²) in [7, 11) is 2.20. The monoisotopic (exact) mass is 186 g/mol. The average Bonchev–Trinajstić information content (AvgIpc) is 2.14. The number of nitrogens with zero attached hydrogens (tertiary/aromatic N) is 1. The molecule has 2 nitrogen and oxygen atoms in total. The minimum Gasteiger partial charge on any atom is -0.328 e. The van der Waals surface area contributed by atoms with Crippen molar-refractivity contribution in [2.45, 2.75) is 52.0 Å². The van der Waals surface area contributed by atoms with Crippen LogP contribution >= 0.6 is 0 Å². The lowest BCUT2D eigenvalue weighted by atomic mass is 10.1. The molecule has 1 atom stereocenters. The van der Waals surface area contributed by atoms with Crippen molar-refractivity contribution in [2.24, 2.45) is 5.73 Å². The molecule has 0 aromatic heterocycles. The molecule has 0 amide bonds. The van der Waals surface area contributed by atoms with Crippen molar-refractivity contribution in [1.82, 2.24) is 4.90 Å². The van der Waals surface area contributed by atoms with Crippen LogP contribution in [0.15, 0.2) is 0 Å². The Hall–Kier alpha value is -0.0800. The highest BCUT2D eigenvalue weighted by Crippen LogP contribution is 2.00. The zero-order valence-electron chi connectivity index (χ0n) is 9.55. The van der Waals surface area contributed by atoms with Crippen LogP contribution in [0, 0.1) is 0 Å². The second kappa shape index (κ2) is 8.52. The van der Waals surface area contributed by atoms with Gasteiger partial charge in [-0.25, -0.2) is 0 Å². The van der Waals surface area contributed by atoms with Crippen molar-refractivity contribution in [3.05, 3.63) is 0 Å². The topological polar surface area (TPSA) is 29.3 Å². The molecular formula is C11H26N2. The molecule has 2 heteroatoms. The molecule has 0 saturated carbocycles. The van der Waals surface area contributed by atoms with E-state index >= 15 is 0 Å². The summed E-state index contributed by atoms with van der Waals surface area (Å²) in [5.74, 6) is 0. The lowest BCUT2D eigenvalue weighted by molar-refractivity contribution is 0.315. The van der Waals surface area contributed by atoms with Crippen LogP contribution in [0.1, 0.15) is 46.0 Å². The van der Waals surface area contributed by atoms with Gasteiger partial charge in [0.15, 0.2) is 0 Å². The molecule has 0 heterocycles. The lowest BCUT2D eigenvalue weighted by Crippen LogP contribution is -2.24. The van der Waals surface area contributed by atoms with E-state index < -0.39 is 0 Å². The Kier molecular flexibility index (Phi) is 8.46. The molecule has 0 fully saturated rings. The van der Waals surface area contributed by atoms with Gasteiger partial charge in [-0.1, -0.05) is 20.3 Å². The molecule has 0 aliphatic carbocycles. The molecule has 80 valence electrons. The molecule has 13 heavy (non-hydrogen) atoms. The van der Waals surface area contributed by atoms with Crippen LogP contribution in [0.4, 0.5) is 0 Å². The van der Waals surface area contributed by atoms with Crippen molar-refractivity contribution in [1.29, 1.82) is 0 Å². The molecule has 0 saturated heterocycles. The normalized spacial score (nSPS) is 13.6. The molecule has 0 rings (SSSR count). The van der Waals surface area contributed by atoms with Crippen molar-refractivity contribution < 1.29 is 0 Å². The van der Waals surface area contributed by atoms with E-state index in [1.54, 1.807) is 0 Å². The first kappa shape index (κ1) is 12.9. The zero-order valence-corrected chi connectivity index (χ0v) is 9.55. The van der Waals surface area contributed by atoms with Gasteiger partial charge in [-0.3, -0.25) is 0 Å². The standard InChI is InChI=1S/C11H26N2/c1-4-6-9-13(3)10-7-8-11(12)5-2/h11H,4-10,12H2,1-3H3. The maximum Gasteiger partial charge on any atom is 0.00366 e. The minimum atomic E-state index is 0.416. The second-order valence-electron chi connectivity index (χ2n) is 3.97. The largest absolute Gasteiger partial charge is 0.328 e. The number of nitrogens with two attached hydrogens (primary N) is 1. The number of unbranched alkanes of at least 4 members (excludes halogenated alkanes) is 1. The molecule has 0 radical (unpaired) electrons. The van der Waals surface area contributed by atoms with Crippen molar-refractivity contribution in [3.63, 3.8) is 0 Å². The highest BCUT2D eigenvalue weighted by Gasteiger charge is 2.00. The predicted molar refractivity (Wildman–Crippen MR) is 59.9 cm³/mol. The molecule has 0 aromatic rings. The first-order valence-corrected chi connectivity index (χ1v) is 5.64. The van der Waals surface area contributed by atoms with E-state index in [4.69, 9.17) is 5.73 Å². The first-order valence-electron chi connectivity index (χ1n) is 5.64. The Labute approximate surface area is 83.5 Å². The third kappa shape index (κ3) is 8.26. The van der Waals surface area contributed by atoms with Gasteiger partial charge in [-0.2, -0.15) is 0 Å². The van der Waals surface area contributed by atoms with Gasteiger partial charge in [0, 0.05) is 6.04 Å². The molecular weight excluding hydrogens is 160 g/mol. The summed E-state index contributed by atoms with van der Waals surface area (Å²) in [5, 5.41) is 0. The molecule has 0 aliphatic rings. The van der Waals surface area contributed by atoms with Crippen LogP contribution in [0.3, 0.4) is 0 Å². The fraction of sp³-hybridized carbons (Fsp3) is 1.00. The maximum absolute atomic E-state index is 5.84. The van der Waals surface area contributed by atoms with Gasteiger partial charge in [-0.15, -0.1) is 0 Å². The summed E-state index contributed by atoms with van der Waals surface area (Å²) < 4.78 is 0. The van der Waals surface area contributed by atoms with Crippen LogP contribution in [0.2, 0.25) is 0 Å². The summed E-state index contributed by atoms with van der Waals surface area (Å²) in [6.45, 7) is 6.83. The van der Waals surface area contributed by atoms with Gasteiger partial charge in [-0.05, 0) is 45.8 Å². The Morgan fingerprint density at radius 3 is 2.31 bits per heavy atom. The van der Waals surface area contributed by atoms with Gasteiger partial charge >= 0.3 is 0 Å². The fourth-order valence-corrected chi connectivity index (χ4v) is 1.37. The Bertz CT molecular complexity index is 104. The Balaban J connectivity index is 3.21. The highest BCUT2D eigenvalue weighted by atomic mass is 15.1. The number of hydrogen-bond donors (Lipinski definition) is 1. The van der Waals surface area contributed by atoms with Crippen molar-refractivity contribution >= 4 is 0 Å². The van der Waals surface area contributed by atoms with Gasteiger partial charge < -0.3 is 10.6 Å². The van der Waals surface area contributed by atoms with E-state index in [-0.39, 0.29) is 0 Å². The van der Waals surface area contributed by atoms with E-state index in [1.807, 2.05) is 0 Å². The predicted octanol–water partition coefficient (Wildman–Crippen LogP) is 2.24. The lowest BCUT2D eigenvalue weighted by Gasteiger charge is -2.17. The van der Waals surface area contributed by atoms with E-state index in [0.29, 0.717) is 6.04 Å². The summed E-state index contributed by atoms with van der Waals surface area (Å²) in [4.78, 5) is 2.41. The van der Waals surface area contributed by atoms with Gasteiger partial charge in [0.2, 0.25) is 0 Å². The molecule has 0 aliphatic heterocycles.